The molecule has 2 N–H and O–H groups in total. The van der Waals surface area contributed by atoms with Gasteiger partial charge in [-0.1, -0.05) is 60.7 Å². The van der Waals surface area contributed by atoms with Gasteiger partial charge in [0.2, 0.25) is 11.8 Å². The van der Waals surface area contributed by atoms with Crippen LogP contribution in [0.15, 0.2) is 85.5 Å². The van der Waals surface area contributed by atoms with Gasteiger partial charge in [-0.15, -0.1) is 6.58 Å². The Kier molecular flexibility index (Phi) is 8.61. The van der Waals surface area contributed by atoms with Gasteiger partial charge < -0.3 is 29.9 Å². The Hall–Kier alpha value is -5.03. The van der Waals surface area contributed by atoms with E-state index in [4.69, 9.17) is 4.74 Å². The molecule has 0 aliphatic carbocycles. The maximum absolute atomic E-state index is 14.2. The molecule has 2 atom stereocenters. The van der Waals surface area contributed by atoms with Crippen LogP contribution in [0.2, 0.25) is 0 Å². The molecule has 3 aromatic rings. The SMILES string of the molecule is C=CCN(C(=O)NCc1ccccc1)N1CC(=O)N2[C@@H](Cc3ccc(O)cc3)C(=O)N(Cc3cccc4c3OCCN4C)C[C@@H]21. The van der Waals surface area contributed by atoms with Crippen molar-refractivity contribution < 1.29 is 24.2 Å². The normalized spacial score (nSPS) is 19.5. The Balaban J connectivity index is 1.31. The summed E-state index contributed by atoms with van der Waals surface area (Å²) in [5, 5.41) is 16.1. The number of benzene rings is 3. The Labute approximate surface area is 262 Å². The molecule has 0 aromatic heterocycles. The van der Waals surface area contributed by atoms with Crippen molar-refractivity contribution in [1.29, 1.82) is 0 Å². The molecule has 0 bridgehead atoms. The standard InChI is InChI=1S/C34H38N6O5/c1-3-16-38(34(44)35-20-25-8-5-4-6-9-25)39-23-31(42)40-29(19-24-12-14-27(41)15-13-24)33(43)37(22-30(39)40)21-26-10-7-11-28-32(26)45-18-17-36(28)2/h3-15,29-30,41H,1,16-23H2,2H3,(H,35,44)/t29-,30+/m0/s1. The first-order chi connectivity index (χ1) is 21.8. The van der Waals surface area contributed by atoms with Crippen LogP contribution in [0.3, 0.4) is 0 Å². The molecule has 3 aliphatic heterocycles. The number of rotatable bonds is 9. The second kappa shape index (κ2) is 12.9. The summed E-state index contributed by atoms with van der Waals surface area (Å²) >= 11 is 0. The second-order valence-corrected chi connectivity index (χ2v) is 11.5. The Morgan fingerprint density at radius 3 is 2.60 bits per heavy atom. The number of ether oxygens (including phenoxy) is 1. The molecule has 2 saturated heterocycles. The highest BCUT2D eigenvalue weighted by Crippen LogP contribution is 2.36. The highest BCUT2D eigenvalue weighted by molar-refractivity contribution is 5.92. The number of carbonyl (C=O) groups is 3. The summed E-state index contributed by atoms with van der Waals surface area (Å²) in [6, 6.07) is 21.0. The molecular weight excluding hydrogens is 572 g/mol. The Morgan fingerprint density at radius 1 is 1.07 bits per heavy atom. The number of phenolic OH excluding ortho intramolecular Hbond substituents is 1. The number of aromatic hydroxyl groups is 1. The number of hydrogen-bond donors (Lipinski definition) is 2. The number of nitrogens with one attached hydrogen (secondary N) is 1. The molecule has 2 fully saturated rings. The molecular formula is C34H38N6O5. The van der Waals surface area contributed by atoms with Crippen LogP contribution in [0, 0.1) is 0 Å². The number of para-hydroxylation sites is 1. The van der Waals surface area contributed by atoms with Crippen LogP contribution < -0.4 is 15.0 Å². The first-order valence-electron chi connectivity index (χ1n) is 15.1. The Morgan fingerprint density at radius 2 is 1.84 bits per heavy atom. The average molecular weight is 611 g/mol. The van der Waals surface area contributed by atoms with Crippen molar-refractivity contribution in [3.63, 3.8) is 0 Å². The summed E-state index contributed by atoms with van der Waals surface area (Å²) in [5.74, 6) is 0.463. The fraction of sp³-hybridized carbons (Fsp3) is 0.324. The third kappa shape index (κ3) is 6.16. The summed E-state index contributed by atoms with van der Waals surface area (Å²) in [4.78, 5) is 47.0. The minimum absolute atomic E-state index is 0.0564. The molecule has 0 spiro atoms. The third-order valence-electron chi connectivity index (χ3n) is 8.59. The van der Waals surface area contributed by atoms with Crippen LogP contribution in [-0.4, -0.2) is 94.8 Å². The van der Waals surface area contributed by atoms with Crippen LogP contribution in [0.4, 0.5) is 10.5 Å². The smallest absolute Gasteiger partial charge is 0.332 e. The first-order valence-corrected chi connectivity index (χ1v) is 15.1. The van der Waals surface area contributed by atoms with Gasteiger partial charge in [0.25, 0.3) is 0 Å². The summed E-state index contributed by atoms with van der Waals surface area (Å²) in [6.07, 6.45) is 1.31. The number of hydrazine groups is 1. The van der Waals surface area contributed by atoms with Crippen LogP contribution in [0.5, 0.6) is 11.5 Å². The predicted molar refractivity (Wildman–Crippen MR) is 169 cm³/mol. The van der Waals surface area contributed by atoms with Crippen LogP contribution in [0.1, 0.15) is 16.7 Å². The van der Waals surface area contributed by atoms with Gasteiger partial charge in [-0.05, 0) is 29.3 Å². The van der Waals surface area contributed by atoms with Gasteiger partial charge >= 0.3 is 6.03 Å². The highest BCUT2D eigenvalue weighted by Gasteiger charge is 2.52. The van der Waals surface area contributed by atoms with Crippen molar-refractivity contribution in [1.82, 2.24) is 25.1 Å². The summed E-state index contributed by atoms with van der Waals surface area (Å²) < 4.78 is 6.07. The third-order valence-corrected chi connectivity index (χ3v) is 8.59. The van der Waals surface area contributed by atoms with E-state index in [-0.39, 0.29) is 56.2 Å². The number of anilines is 1. The molecule has 11 nitrogen and oxygen atoms in total. The number of phenols is 1. The van der Waals surface area contributed by atoms with Crippen LogP contribution in [0.25, 0.3) is 0 Å². The zero-order chi connectivity index (χ0) is 31.5. The van der Waals surface area contributed by atoms with E-state index >= 15 is 0 Å². The molecule has 0 saturated carbocycles. The monoisotopic (exact) mass is 610 g/mol. The quantitative estimate of drug-likeness (QED) is 0.359. The molecule has 3 aliphatic rings. The van der Waals surface area contributed by atoms with Gasteiger partial charge in [0.05, 0.1) is 31.9 Å². The van der Waals surface area contributed by atoms with E-state index < -0.39 is 12.2 Å². The van der Waals surface area contributed by atoms with Crippen LogP contribution >= 0.6 is 0 Å². The van der Waals surface area contributed by atoms with Crippen molar-refractivity contribution in [3.8, 4) is 11.5 Å². The van der Waals surface area contributed by atoms with Gasteiger partial charge in [-0.25, -0.2) is 4.79 Å². The number of nitrogens with zero attached hydrogens (tertiary/aromatic N) is 5. The molecule has 0 radical (unpaired) electrons. The second-order valence-electron chi connectivity index (χ2n) is 11.5. The number of likely N-dealkylation sites (N-methyl/N-ethyl adjacent to an activating group) is 1. The van der Waals surface area contributed by atoms with E-state index in [0.717, 1.165) is 34.7 Å². The van der Waals surface area contributed by atoms with Crippen molar-refractivity contribution in [2.24, 2.45) is 0 Å². The van der Waals surface area contributed by atoms with Crippen molar-refractivity contribution >= 4 is 23.5 Å². The highest BCUT2D eigenvalue weighted by atomic mass is 16.5. The van der Waals surface area contributed by atoms with Gasteiger partial charge in [0, 0.05) is 32.1 Å². The van der Waals surface area contributed by atoms with E-state index in [9.17, 15) is 19.5 Å². The molecule has 6 rings (SSSR count). The maximum atomic E-state index is 14.2. The van der Waals surface area contributed by atoms with Crippen molar-refractivity contribution in [2.75, 3.05) is 44.7 Å². The molecule has 3 aromatic carbocycles. The number of fused-ring (bicyclic) bond motifs is 2. The van der Waals surface area contributed by atoms with E-state index in [0.29, 0.717) is 13.2 Å². The summed E-state index contributed by atoms with van der Waals surface area (Å²) in [5.41, 5.74) is 3.61. The number of hydrogen-bond acceptors (Lipinski definition) is 7. The van der Waals surface area contributed by atoms with Gasteiger partial charge in [-0.2, -0.15) is 5.01 Å². The molecule has 45 heavy (non-hydrogen) atoms. The first kappa shape index (κ1) is 30.0. The molecule has 0 unspecified atom stereocenters. The molecule has 3 heterocycles. The lowest BCUT2D eigenvalue weighted by atomic mass is 9.99. The fourth-order valence-corrected chi connectivity index (χ4v) is 6.31. The number of amides is 4. The van der Waals surface area contributed by atoms with Crippen LogP contribution in [-0.2, 0) is 29.1 Å². The lowest BCUT2D eigenvalue weighted by Gasteiger charge is -2.46. The fourth-order valence-electron chi connectivity index (χ4n) is 6.31. The van der Waals surface area contributed by atoms with Gasteiger partial charge in [0.1, 0.15) is 30.3 Å². The topological polar surface area (TPSA) is 109 Å². The van der Waals surface area contributed by atoms with Crippen molar-refractivity contribution in [3.05, 3.63) is 102 Å². The Bertz CT molecular complexity index is 1570. The maximum Gasteiger partial charge on any atom is 0.332 e. The number of piperazine rings is 1. The molecule has 11 heteroatoms. The van der Waals surface area contributed by atoms with Gasteiger partial charge in [0.15, 0.2) is 0 Å². The largest absolute Gasteiger partial charge is 0.508 e. The predicted octanol–water partition coefficient (Wildman–Crippen LogP) is 2.96. The van der Waals surface area contributed by atoms with Crippen molar-refractivity contribution in [2.45, 2.75) is 31.7 Å². The zero-order valence-corrected chi connectivity index (χ0v) is 25.3. The van der Waals surface area contributed by atoms with Gasteiger partial charge in [-0.3, -0.25) is 14.6 Å². The minimum atomic E-state index is -0.799. The lowest BCUT2D eigenvalue weighted by Crippen LogP contribution is -2.66. The summed E-state index contributed by atoms with van der Waals surface area (Å²) in [6.45, 7) is 6.11. The zero-order valence-electron chi connectivity index (χ0n) is 25.3. The molecule has 4 amide bonds. The molecule has 234 valence electrons. The van der Waals surface area contributed by atoms with E-state index in [1.807, 2.05) is 55.6 Å². The number of carbonyl (C=O) groups excluding carboxylic acids is 3. The van der Waals surface area contributed by atoms with E-state index in [1.165, 1.54) is 5.01 Å². The minimum Gasteiger partial charge on any atom is -0.508 e. The lowest BCUT2D eigenvalue weighted by molar-refractivity contribution is -0.157. The summed E-state index contributed by atoms with van der Waals surface area (Å²) in [7, 11) is 2.02. The average Bonchev–Trinajstić information content (AvgIpc) is 3.37. The number of urea groups is 1. The van der Waals surface area contributed by atoms with E-state index in [1.54, 1.807) is 45.2 Å². The van der Waals surface area contributed by atoms with E-state index in [2.05, 4.69) is 16.8 Å².